The van der Waals surface area contributed by atoms with E-state index in [2.05, 4.69) is 15.6 Å². The van der Waals surface area contributed by atoms with Gasteiger partial charge >= 0.3 is 0 Å². The monoisotopic (exact) mass is 399 g/mol. The molecule has 27 heavy (non-hydrogen) atoms. The van der Waals surface area contributed by atoms with Crippen molar-refractivity contribution in [1.29, 1.82) is 0 Å². The Morgan fingerprint density at radius 3 is 2.48 bits per heavy atom. The van der Waals surface area contributed by atoms with Gasteiger partial charge in [0.2, 0.25) is 11.8 Å². The number of carbonyl (C=O) groups excluding carboxylic acids is 2. The van der Waals surface area contributed by atoms with E-state index in [-0.39, 0.29) is 24.3 Å². The van der Waals surface area contributed by atoms with Gasteiger partial charge in [0.15, 0.2) is 5.13 Å². The van der Waals surface area contributed by atoms with Gasteiger partial charge in [0.05, 0.1) is 18.2 Å². The zero-order valence-electron chi connectivity index (χ0n) is 14.6. The minimum absolute atomic E-state index is 0.124. The summed E-state index contributed by atoms with van der Waals surface area (Å²) in [5.74, 6) is -0.398. The standard InChI is InChI=1S/C20H18ClN3O2S/c1-13(25)22-17(14-5-3-2-4-6-14)11-19(26)24-20-23-18(12-27-20)15-7-9-16(21)10-8-15/h2-10,12,17H,11H2,1H3,(H,22,25)(H,23,24,26)/t17-/m1/s1. The molecule has 0 saturated carbocycles. The summed E-state index contributed by atoms with van der Waals surface area (Å²) < 4.78 is 0. The van der Waals surface area contributed by atoms with Crippen LogP contribution in [0.2, 0.25) is 5.02 Å². The second-order valence-electron chi connectivity index (χ2n) is 5.96. The topological polar surface area (TPSA) is 71.1 Å². The van der Waals surface area contributed by atoms with E-state index in [0.29, 0.717) is 10.2 Å². The van der Waals surface area contributed by atoms with Crippen molar-refractivity contribution in [2.75, 3.05) is 5.32 Å². The molecule has 0 unspecified atom stereocenters. The van der Waals surface area contributed by atoms with Crippen molar-refractivity contribution in [2.45, 2.75) is 19.4 Å². The molecule has 5 nitrogen and oxygen atoms in total. The quantitative estimate of drug-likeness (QED) is 0.632. The van der Waals surface area contributed by atoms with Gasteiger partial charge < -0.3 is 10.6 Å². The van der Waals surface area contributed by atoms with Gasteiger partial charge in [-0.2, -0.15) is 0 Å². The van der Waals surface area contributed by atoms with Crippen LogP contribution in [0.25, 0.3) is 11.3 Å². The number of rotatable bonds is 6. The van der Waals surface area contributed by atoms with Gasteiger partial charge in [-0.15, -0.1) is 11.3 Å². The number of thiazole rings is 1. The number of hydrogen-bond donors (Lipinski definition) is 2. The molecule has 0 spiro atoms. The number of benzene rings is 2. The fourth-order valence-electron chi connectivity index (χ4n) is 2.62. The molecule has 0 bridgehead atoms. The number of nitrogens with zero attached hydrogens (tertiary/aromatic N) is 1. The van der Waals surface area contributed by atoms with Crippen LogP contribution in [0, 0.1) is 0 Å². The first kappa shape index (κ1) is 19.1. The lowest BCUT2D eigenvalue weighted by Crippen LogP contribution is -2.29. The molecule has 2 N–H and O–H groups in total. The average Bonchev–Trinajstić information content (AvgIpc) is 3.10. The molecular formula is C20H18ClN3O2S. The number of anilines is 1. The Hall–Kier alpha value is -2.70. The molecule has 0 aliphatic rings. The minimum Gasteiger partial charge on any atom is -0.349 e. The summed E-state index contributed by atoms with van der Waals surface area (Å²) in [7, 11) is 0. The van der Waals surface area contributed by atoms with Crippen LogP contribution in [0.5, 0.6) is 0 Å². The van der Waals surface area contributed by atoms with E-state index < -0.39 is 0 Å². The summed E-state index contributed by atoms with van der Waals surface area (Å²) in [4.78, 5) is 28.4. The van der Waals surface area contributed by atoms with Gasteiger partial charge in [0.1, 0.15) is 0 Å². The number of amides is 2. The predicted molar refractivity (Wildman–Crippen MR) is 109 cm³/mol. The number of aromatic nitrogens is 1. The van der Waals surface area contributed by atoms with Gasteiger partial charge in [0, 0.05) is 22.9 Å². The first-order chi connectivity index (χ1) is 13.0. The van der Waals surface area contributed by atoms with E-state index in [1.165, 1.54) is 18.3 Å². The zero-order valence-corrected chi connectivity index (χ0v) is 16.2. The molecule has 0 radical (unpaired) electrons. The summed E-state index contributed by atoms with van der Waals surface area (Å²) >= 11 is 7.25. The van der Waals surface area contributed by atoms with Crippen LogP contribution in [0.3, 0.4) is 0 Å². The molecule has 0 saturated heterocycles. The molecular weight excluding hydrogens is 382 g/mol. The van der Waals surface area contributed by atoms with Crippen molar-refractivity contribution in [1.82, 2.24) is 10.3 Å². The summed E-state index contributed by atoms with van der Waals surface area (Å²) in [5.41, 5.74) is 2.58. The third-order valence-electron chi connectivity index (χ3n) is 3.86. The van der Waals surface area contributed by atoms with Crippen molar-refractivity contribution in [3.63, 3.8) is 0 Å². The maximum atomic E-state index is 12.5. The summed E-state index contributed by atoms with van der Waals surface area (Å²) in [6.07, 6.45) is 0.124. The number of carbonyl (C=O) groups is 2. The maximum Gasteiger partial charge on any atom is 0.228 e. The first-order valence-electron chi connectivity index (χ1n) is 8.34. The van der Waals surface area contributed by atoms with Crippen LogP contribution in [0.4, 0.5) is 5.13 Å². The van der Waals surface area contributed by atoms with E-state index in [0.717, 1.165) is 16.8 Å². The van der Waals surface area contributed by atoms with Crippen LogP contribution in [0.1, 0.15) is 24.9 Å². The second kappa shape index (κ2) is 8.79. The fraction of sp³-hybridized carbons (Fsp3) is 0.150. The van der Waals surface area contributed by atoms with Crippen molar-refractivity contribution in [2.24, 2.45) is 0 Å². The molecule has 2 amide bonds. The molecule has 3 rings (SSSR count). The van der Waals surface area contributed by atoms with Crippen LogP contribution in [-0.2, 0) is 9.59 Å². The second-order valence-corrected chi connectivity index (χ2v) is 7.26. The van der Waals surface area contributed by atoms with Crippen molar-refractivity contribution in [3.8, 4) is 11.3 Å². The van der Waals surface area contributed by atoms with Crippen molar-refractivity contribution >= 4 is 39.9 Å². The first-order valence-corrected chi connectivity index (χ1v) is 9.60. The zero-order chi connectivity index (χ0) is 19.2. The molecule has 0 aliphatic heterocycles. The third kappa shape index (κ3) is 5.39. The van der Waals surface area contributed by atoms with Gasteiger partial charge in [0.25, 0.3) is 0 Å². The minimum atomic E-state index is -0.389. The normalized spacial score (nSPS) is 11.6. The summed E-state index contributed by atoms with van der Waals surface area (Å²) in [5, 5.41) is 8.68. The highest BCUT2D eigenvalue weighted by atomic mass is 35.5. The molecule has 7 heteroatoms. The van der Waals surface area contributed by atoms with Crippen LogP contribution < -0.4 is 10.6 Å². The largest absolute Gasteiger partial charge is 0.349 e. The molecule has 1 aromatic heterocycles. The predicted octanol–water partition coefficient (Wildman–Crippen LogP) is 4.67. The van der Waals surface area contributed by atoms with E-state index in [9.17, 15) is 9.59 Å². The highest BCUT2D eigenvalue weighted by Crippen LogP contribution is 2.26. The molecule has 1 heterocycles. The van der Waals surface area contributed by atoms with Crippen LogP contribution in [-0.4, -0.2) is 16.8 Å². The Labute approximate surface area is 166 Å². The Morgan fingerprint density at radius 1 is 1.11 bits per heavy atom. The number of halogens is 1. The Morgan fingerprint density at radius 2 is 1.81 bits per heavy atom. The number of hydrogen-bond acceptors (Lipinski definition) is 4. The molecule has 138 valence electrons. The van der Waals surface area contributed by atoms with Crippen molar-refractivity contribution < 1.29 is 9.59 Å². The molecule has 0 fully saturated rings. The van der Waals surface area contributed by atoms with Gasteiger partial charge in [-0.1, -0.05) is 54.1 Å². The maximum absolute atomic E-state index is 12.5. The highest BCUT2D eigenvalue weighted by molar-refractivity contribution is 7.14. The Balaban J connectivity index is 1.67. The Kier molecular flexibility index (Phi) is 6.21. The smallest absolute Gasteiger partial charge is 0.228 e. The molecule has 1 atom stereocenters. The Bertz CT molecular complexity index is 926. The van der Waals surface area contributed by atoms with E-state index >= 15 is 0 Å². The SMILES string of the molecule is CC(=O)N[C@H](CC(=O)Nc1nc(-c2ccc(Cl)cc2)cs1)c1ccccc1. The van der Waals surface area contributed by atoms with Gasteiger partial charge in [-0.05, 0) is 17.7 Å². The summed E-state index contributed by atoms with van der Waals surface area (Å²) in [6.45, 7) is 1.44. The van der Waals surface area contributed by atoms with E-state index in [1.807, 2.05) is 47.8 Å². The fourth-order valence-corrected chi connectivity index (χ4v) is 3.48. The summed E-state index contributed by atoms with van der Waals surface area (Å²) in [6, 6.07) is 16.4. The van der Waals surface area contributed by atoms with Crippen molar-refractivity contribution in [3.05, 3.63) is 70.6 Å². The van der Waals surface area contributed by atoms with Gasteiger partial charge in [-0.3, -0.25) is 9.59 Å². The number of nitrogens with one attached hydrogen (secondary N) is 2. The van der Waals surface area contributed by atoms with E-state index in [4.69, 9.17) is 11.6 Å². The lowest BCUT2D eigenvalue weighted by molar-refractivity contribution is -0.120. The molecule has 3 aromatic rings. The average molecular weight is 400 g/mol. The lowest BCUT2D eigenvalue weighted by atomic mass is 10.0. The highest BCUT2D eigenvalue weighted by Gasteiger charge is 2.18. The molecule has 2 aromatic carbocycles. The lowest BCUT2D eigenvalue weighted by Gasteiger charge is -2.17. The van der Waals surface area contributed by atoms with Crippen LogP contribution >= 0.6 is 22.9 Å². The molecule has 0 aliphatic carbocycles. The van der Waals surface area contributed by atoms with E-state index in [1.54, 1.807) is 12.1 Å². The third-order valence-corrected chi connectivity index (χ3v) is 4.87. The van der Waals surface area contributed by atoms with Gasteiger partial charge in [-0.25, -0.2) is 4.98 Å². The van der Waals surface area contributed by atoms with Crippen LogP contribution in [0.15, 0.2) is 60.0 Å².